The van der Waals surface area contributed by atoms with Gasteiger partial charge < -0.3 is 10.6 Å². The van der Waals surface area contributed by atoms with Crippen molar-refractivity contribution in [3.63, 3.8) is 0 Å². The molecule has 5 nitrogen and oxygen atoms in total. The maximum absolute atomic E-state index is 12.1. The predicted octanol–water partition coefficient (Wildman–Crippen LogP) is 3.25. The molecule has 0 aliphatic rings. The molecule has 1 amide bonds. The minimum absolute atomic E-state index is 0.0969. The molecule has 0 radical (unpaired) electrons. The lowest BCUT2D eigenvalue weighted by atomic mass is 10.1. The molecule has 5 heteroatoms. The number of carbonyl (C=O) groups excluding carboxylic acids is 1. The topological polar surface area (TPSA) is 66.9 Å². The molecular weight excluding hydrogens is 264 g/mol. The smallest absolute Gasteiger partial charge is 0.275 e. The zero-order valence-electron chi connectivity index (χ0n) is 12.8. The Bertz CT molecular complexity index is 612. The standard InChI is InChI=1S/C16H20N4O/c1-11-5-7-12(8-6-11)19-15(21)13-9-18-14(10-17-13)20-16(2,3)4/h5-10H,1-4H3,(H,18,20)(H,19,21). The van der Waals surface area contributed by atoms with E-state index < -0.39 is 0 Å². The molecule has 0 aliphatic carbocycles. The number of amides is 1. The lowest BCUT2D eigenvalue weighted by Gasteiger charge is -2.20. The molecule has 110 valence electrons. The molecule has 2 rings (SSSR count). The number of anilines is 2. The van der Waals surface area contributed by atoms with Gasteiger partial charge in [0.25, 0.3) is 5.91 Å². The molecule has 21 heavy (non-hydrogen) atoms. The first-order valence-corrected chi connectivity index (χ1v) is 6.82. The Labute approximate surface area is 124 Å². The van der Waals surface area contributed by atoms with Crippen molar-refractivity contribution in [1.29, 1.82) is 0 Å². The fraction of sp³-hybridized carbons (Fsp3) is 0.312. The van der Waals surface area contributed by atoms with Gasteiger partial charge in [-0.3, -0.25) is 4.79 Å². The third-order valence-electron chi connectivity index (χ3n) is 2.70. The lowest BCUT2D eigenvalue weighted by molar-refractivity contribution is 0.102. The van der Waals surface area contributed by atoms with E-state index in [1.165, 1.54) is 6.20 Å². The maximum atomic E-state index is 12.1. The molecule has 0 saturated heterocycles. The molecule has 0 fully saturated rings. The van der Waals surface area contributed by atoms with E-state index >= 15 is 0 Å². The highest BCUT2D eigenvalue weighted by Crippen LogP contribution is 2.12. The van der Waals surface area contributed by atoms with Gasteiger partial charge in [-0.1, -0.05) is 17.7 Å². The second-order valence-corrected chi connectivity index (χ2v) is 5.98. The molecule has 1 heterocycles. The fourth-order valence-corrected chi connectivity index (χ4v) is 1.73. The molecule has 1 aromatic heterocycles. The summed E-state index contributed by atoms with van der Waals surface area (Å²) in [7, 11) is 0. The summed E-state index contributed by atoms with van der Waals surface area (Å²) in [4.78, 5) is 20.4. The summed E-state index contributed by atoms with van der Waals surface area (Å²) in [5, 5.41) is 5.99. The van der Waals surface area contributed by atoms with Gasteiger partial charge in [0, 0.05) is 11.2 Å². The summed E-state index contributed by atoms with van der Waals surface area (Å²) in [6, 6.07) is 7.60. The van der Waals surface area contributed by atoms with Crippen LogP contribution in [0.15, 0.2) is 36.7 Å². The number of aryl methyl sites for hydroxylation is 1. The highest BCUT2D eigenvalue weighted by molar-refractivity contribution is 6.02. The summed E-state index contributed by atoms with van der Waals surface area (Å²) in [5.74, 6) is 0.378. The van der Waals surface area contributed by atoms with Gasteiger partial charge in [-0.05, 0) is 39.8 Å². The van der Waals surface area contributed by atoms with Crippen LogP contribution in [0.2, 0.25) is 0 Å². The molecule has 0 aliphatic heterocycles. The van der Waals surface area contributed by atoms with Crippen LogP contribution in [0, 0.1) is 6.92 Å². The van der Waals surface area contributed by atoms with E-state index in [1.807, 2.05) is 52.0 Å². The Kier molecular flexibility index (Phi) is 4.21. The lowest BCUT2D eigenvalue weighted by Crippen LogP contribution is -2.27. The third kappa shape index (κ3) is 4.56. The van der Waals surface area contributed by atoms with Crippen LogP contribution < -0.4 is 10.6 Å². The number of aromatic nitrogens is 2. The quantitative estimate of drug-likeness (QED) is 0.908. The van der Waals surface area contributed by atoms with Gasteiger partial charge in [-0.2, -0.15) is 0 Å². The first-order valence-electron chi connectivity index (χ1n) is 6.82. The number of hydrogen-bond donors (Lipinski definition) is 2. The van der Waals surface area contributed by atoms with E-state index in [0.29, 0.717) is 5.82 Å². The van der Waals surface area contributed by atoms with Crippen LogP contribution in [0.4, 0.5) is 11.5 Å². The van der Waals surface area contributed by atoms with Crippen molar-refractivity contribution in [3.8, 4) is 0 Å². The SMILES string of the molecule is Cc1ccc(NC(=O)c2cnc(NC(C)(C)C)cn2)cc1. The van der Waals surface area contributed by atoms with Crippen LogP contribution in [0.5, 0.6) is 0 Å². The van der Waals surface area contributed by atoms with E-state index in [-0.39, 0.29) is 17.1 Å². The van der Waals surface area contributed by atoms with E-state index in [0.717, 1.165) is 11.3 Å². The summed E-state index contributed by atoms with van der Waals surface area (Å²) in [5.41, 5.74) is 2.07. The van der Waals surface area contributed by atoms with Crippen LogP contribution >= 0.6 is 0 Å². The fourth-order valence-electron chi connectivity index (χ4n) is 1.73. The Hall–Kier alpha value is -2.43. The van der Waals surface area contributed by atoms with Crippen molar-refractivity contribution in [2.24, 2.45) is 0 Å². The molecular formula is C16H20N4O. The summed E-state index contributed by atoms with van der Waals surface area (Å²) < 4.78 is 0. The maximum Gasteiger partial charge on any atom is 0.275 e. The number of carbonyl (C=O) groups is 1. The van der Waals surface area contributed by atoms with E-state index in [2.05, 4.69) is 20.6 Å². The second kappa shape index (κ2) is 5.91. The molecule has 0 unspecified atom stereocenters. The van der Waals surface area contributed by atoms with Gasteiger partial charge in [0.15, 0.2) is 0 Å². The second-order valence-electron chi connectivity index (χ2n) is 5.98. The van der Waals surface area contributed by atoms with Gasteiger partial charge in [0.1, 0.15) is 11.5 Å². The number of hydrogen-bond acceptors (Lipinski definition) is 4. The van der Waals surface area contributed by atoms with Crippen LogP contribution in [0.25, 0.3) is 0 Å². The van der Waals surface area contributed by atoms with E-state index in [4.69, 9.17) is 0 Å². The Morgan fingerprint density at radius 2 is 1.71 bits per heavy atom. The van der Waals surface area contributed by atoms with Crippen molar-refractivity contribution in [2.45, 2.75) is 33.2 Å². The zero-order valence-corrected chi connectivity index (χ0v) is 12.8. The van der Waals surface area contributed by atoms with Gasteiger partial charge in [-0.25, -0.2) is 9.97 Å². The van der Waals surface area contributed by atoms with Crippen LogP contribution in [-0.4, -0.2) is 21.4 Å². The van der Waals surface area contributed by atoms with Crippen LogP contribution in [0.3, 0.4) is 0 Å². The minimum atomic E-state index is -0.270. The summed E-state index contributed by atoms with van der Waals surface area (Å²) in [6.45, 7) is 8.10. The first kappa shape index (κ1) is 15.0. The Morgan fingerprint density at radius 3 is 2.24 bits per heavy atom. The van der Waals surface area contributed by atoms with Gasteiger partial charge in [0.2, 0.25) is 0 Å². The molecule has 0 bridgehead atoms. The zero-order chi connectivity index (χ0) is 15.5. The summed E-state index contributed by atoms with van der Waals surface area (Å²) >= 11 is 0. The Morgan fingerprint density at radius 1 is 1.05 bits per heavy atom. The van der Waals surface area contributed by atoms with Crippen molar-refractivity contribution < 1.29 is 4.79 Å². The Balaban J connectivity index is 2.04. The van der Waals surface area contributed by atoms with Crippen molar-refractivity contribution in [1.82, 2.24) is 9.97 Å². The number of nitrogens with zero attached hydrogens (tertiary/aromatic N) is 2. The minimum Gasteiger partial charge on any atom is -0.364 e. The number of benzene rings is 1. The highest BCUT2D eigenvalue weighted by Gasteiger charge is 2.12. The third-order valence-corrected chi connectivity index (χ3v) is 2.70. The number of nitrogens with one attached hydrogen (secondary N) is 2. The first-order chi connectivity index (χ1) is 9.83. The summed E-state index contributed by atoms with van der Waals surface area (Å²) in [6.07, 6.45) is 3.03. The van der Waals surface area contributed by atoms with Crippen LogP contribution in [-0.2, 0) is 0 Å². The van der Waals surface area contributed by atoms with E-state index in [9.17, 15) is 4.79 Å². The molecule has 0 saturated carbocycles. The average molecular weight is 284 g/mol. The molecule has 1 aromatic carbocycles. The molecule has 0 spiro atoms. The monoisotopic (exact) mass is 284 g/mol. The van der Waals surface area contributed by atoms with Crippen molar-refractivity contribution in [3.05, 3.63) is 47.9 Å². The van der Waals surface area contributed by atoms with Gasteiger partial charge >= 0.3 is 0 Å². The van der Waals surface area contributed by atoms with E-state index in [1.54, 1.807) is 6.20 Å². The average Bonchev–Trinajstić information content (AvgIpc) is 2.40. The predicted molar refractivity (Wildman–Crippen MR) is 84.5 cm³/mol. The molecule has 2 N–H and O–H groups in total. The van der Waals surface area contributed by atoms with Crippen molar-refractivity contribution >= 4 is 17.4 Å². The largest absolute Gasteiger partial charge is 0.364 e. The van der Waals surface area contributed by atoms with Crippen molar-refractivity contribution in [2.75, 3.05) is 10.6 Å². The number of rotatable bonds is 3. The van der Waals surface area contributed by atoms with Gasteiger partial charge in [0.05, 0.1) is 12.4 Å². The molecule has 0 atom stereocenters. The molecule has 2 aromatic rings. The highest BCUT2D eigenvalue weighted by atomic mass is 16.1. The van der Waals surface area contributed by atoms with Crippen LogP contribution in [0.1, 0.15) is 36.8 Å². The van der Waals surface area contributed by atoms with Gasteiger partial charge in [-0.15, -0.1) is 0 Å². The normalized spacial score (nSPS) is 11.0.